The van der Waals surface area contributed by atoms with Crippen molar-refractivity contribution in [3.8, 4) is 0 Å². The average molecular weight is 251 g/mol. The van der Waals surface area contributed by atoms with Crippen LogP contribution in [0, 0.1) is 5.92 Å². The number of carboxylic acids is 1. The Hall–Kier alpha value is -1.43. The Morgan fingerprint density at radius 2 is 2.06 bits per heavy atom. The molecule has 2 fully saturated rings. The van der Waals surface area contributed by atoms with Gasteiger partial charge in [0.05, 0.1) is 12.5 Å². The van der Waals surface area contributed by atoms with Crippen molar-refractivity contribution >= 4 is 5.97 Å². The molecular formula is C12H17N3O3. The molecule has 2 heterocycles. The summed E-state index contributed by atoms with van der Waals surface area (Å²) < 4.78 is 5.22. The average Bonchev–Trinajstić information content (AvgIpc) is 3.11. The van der Waals surface area contributed by atoms with Crippen LogP contribution in [0.4, 0.5) is 0 Å². The first kappa shape index (κ1) is 11.6. The normalized spacial score (nSPS) is 22.2. The minimum atomic E-state index is -0.677. The summed E-state index contributed by atoms with van der Waals surface area (Å²) in [6.45, 7) is 2.22. The molecule has 0 bridgehead atoms. The van der Waals surface area contributed by atoms with Crippen LogP contribution >= 0.6 is 0 Å². The highest BCUT2D eigenvalue weighted by Crippen LogP contribution is 2.38. The summed E-state index contributed by atoms with van der Waals surface area (Å²) >= 11 is 0. The van der Waals surface area contributed by atoms with E-state index in [0.29, 0.717) is 31.2 Å². The molecule has 1 saturated heterocycles. The second-order valence-corrected chi connectivity index (χ2v) is 5.21. The molecule has 1 N–H and O–H groups in total. The Morgan fingerprint density at radius 1 is 1.33 bits per heavy atom. The molecule has 1 aromatic rings. The molecule has 18 heavy (non-hydrogen) atoms. The van der Waals surface area contributed by atoms with E-state index in [0.717, 1.165) is 18.9 Å². The van der Waals surface area contributed by atoms with Crippen molar-refractivity contribution in [3.05, 3.63) is 11.7 Å². The summed E-state index contributed by atoms with van der Waals surface area (Å²) in [6.07, 6.45) is 3.75. The third-order valence-electron chi connectivity index (χ3n) is 3.72. The molecule has 0 aromatic carbocycles. The van der Waals surface area contributed by atoms with Gasteiger partial charge in [0.2, 0.25) is 5.89 Å². The van der Waals surface area contributed by atoms with Crippen LogP contribution in [0.25, 0.3) is 0 Å². The van der Waals surface area contributed by atoms with Gasteiger partial charge in [0.15, 0.2) is 5.82 Å². The molecule has 1 aliphatic heterocycles. The summed E-state index contributed by atoms with van der Waals surface area (Å²) in [6, 6.07) is 0. The minimum Gasteiger partial charge on any atom is -0.481 e. The fourth-order valence-corrected chi connectivity index (χ4v) is 2.37. The second-order valence-electron chi connectivity index (χ2n) is 5.21. The van der Waals surface area contributed by atoms with Gasteiger partial charge in [-0.3, -0.25) is 9.69 Å². The number of hydrogen-bond acceptors (Lipinski definition) is 5. The lowest BCUT2D eigenvalue weighted by Crippen LogP contribution is -2.35. The fourth-order valence-electron chi connectivity index (χ4n) is 2.37. The lowest BCUT2D eigenvalue weighted by atomic mass is 9.97. The molecule has 0 spiro atoms. The number of aliphatic carboxylic acids is 1. The van der Waals surface area contributed by atoms with Crippen molar-refractivity contribution in [1.29, 1.82) is 0 Å². The van der Waals surface area contributed by atoms with Crippen LogP contribution < -0.4 is 0 Å². The summed E-state index contributed by atoms with van der Waals surface area (Å²) in [5.41, 5.74) is 0. The van der Waals surface area contributed by atoms with E-state index in [1.165, 1.54) is 12.8 Å². The Kier molecular flexibility index (Phi) is 3.03. The van der Waals surface area contributed by atoms with Crippen LogP contribution in [0.3, 0.4) is 0 Å². The predicted octanol–water partition coefficient (Wildman–Crippen LogP) is 1.24. The number of aromatic nitrogens is 2. The zero-order valence-electron chi connectivity index (χ0n) is 10.2. The third-order valence-corrected chi connectivity index (χ3v) is 3.72. The SMILES string of the molecule is O=C(O)C1CCN(Cc2nc(C3CC3)no2)CC1. The van der Waals surface area contributed by atoms with Crippen molar-refractivity contribution in [3.63, 3.8) is 0 Å². The zero-order valence-corrected chi connectivity index (χ0v) is 10.2. The van der Waals surface area contributed by atoms with Crippen LogP contribution in [0.1, 0.15) is 43.3 Å². The molecular weight excluding hydrogens is 234 g/mol. The molecule has 1 aliphatic carbocycles. The van der Waals surface area contributed by atoms with Gasteiger partial charge in [-0.05, 0) is 38.8 Å². The zero-order chi connectivity index (χ0) is 12.5. The lowest BCUT2D eigenvalue weighted by Gasteiger charge is -2.28. The summed E-state index contributed by atoms with van der Waals surface area (Å²) in [4.78, 5) is 17.4. The van der Waals surface area contributed by atoms with Gasteiger partial charge < -0.3 is 9.63 Å². The van der Waals surface area contributed by atoms with Crippen molar-refractivity contribution in [2.75, 3.05) is 13.1 Å². The van der Waals surface area contributed by atoms with Crippen LogP contribution in [0.2, 0.25) is 0 Å². The fraction of sp³-hybridized carbons (Fsp3) is 0.750. The number of likely N-dealkylation sites (tertiary alicyclic amines) is 1. The number of hydrogen-bond donors (Lipinski definition) is 1. The molecule has 0 unspecified atom stereocenters. The first-order valence-electron chi connectivity index (χ1n) is 6.50. The molecule has 0 atom stereocenters. The predicted molar refractivity (Wildman–Crippen MR) is 61.9 cm³/mol. The molecule has 98 valence electrons. The van der Waals surface area contributed by atoms with E-state index in [9.17, 15) is 4.79 Å². The van der Waals surface area contributed by atoms with Crippen LogP contribution in [0.15, 0.2) is 4.52 Å². The maximum Gasteiger partial charge on any atom is 0.306 e. The van der Waals surface area contributed by atoms with Gasteiger partial charge in [-0.1, -0.05) is 5.16 Å². The molecule has 0 amide bonds. The lowest BCUT2D eigenvalue weighted by molar-refractivity contribution is -0.143. The highest BCUT2D eigenvalue weighted by molar-refractivity contribution is 5.70. The largest absolute Gasteiger partial charge is 0.481 e. The Balaban J connectivity index is 1.52. The Labute approximate surface area is 105 Å². The van der Waals surface area contributed by atoms with Crippen molar-refractivity contribution in [2.45, 2.75) is 38.1 Å². The first-order valence-corrected chi connectivity index (χ1v) is 6.50. The van der Waals surface area contributed by atoms with Crippen LogP contribution in [0.5, 0.6) is 0 Å². The number of carbonyl (C=O) groups is 1. The summed E-state index contributed by atoms with van der Waals surface area (Å²) in [7, 11) is 0. The van der Waals surface area contributed by atoms with Gasteiger partial charge >= 0.3 is 5.97 Å². The van der Waals surface area contributed by atoms with Crippen molar-refractivity contribution < 1.29 is 14.4 Å². The van der Waals surface area contributed by atoms with Crippen molar-refractivity contribution in [1.82, 2.24) is 15.0 Å². The molecule has 0 radical (unpaired) electrons. The minimum absolute atomic E-state index is 0.189. The third kappa shape index (κ3) is 2.53. The van der Waals surface area contributed by atoms with E-state index in [1.807, 2.05) is 0 Å². The van der Waals surface area contributed by atoms with E-state index >= 15 is 0 Å². The van der Waals surface area contributed by atoms with E-state index in [1.54, 1.807) is 0 Å². The number of carboxylic acid groups (broad SMARTS) is 1. The quantitative estimate of drug-likeness (QED) is 0.867. The smallest absolute Gasteiger partial charge is 0.306 e. The van der Waals surface area contributed by atoms with E-state index in [2.05, 4.69) is 15.0 Å². The van der Waals surface area contributed by atoms with Gasteiger partial charge in [0, 0.05) is 5.92 Å². The maximum absolute atomic E-state index is 10.8. The van der Waals surface area contributed by atoms with Crippen molar-refractivity contribution in [2.24, 2.45) is 5.92 Å². The number of rotatable bonds is 4. The highest BCUT2D eigenvalue weighted by Gasteiger charge is 2.30. The van der Waals surface area contributed by atoms with Gasteiger partial charge in [0.1, 0.15) is 0 Å². The molecule has 6 nitrogen and oxygen atoms in total. The maximum atomic E-state index is 10.8. The number of nitrogens with zero attached hydrogens (tertiary/aromatic N) is 3. The summed E-state index contributed by atoms with van der Waals surface area (Å²) in [5.74, 6) is 1.14. The monoisotopic (exact) mass is 251 g/mol. The molecule has 6 heteroatoms. The first-order chi connectivity index (χ1) is 8.72. The van der Waals surface area contributed by atoms with Crippen LogP contribution in [-0.4, -0.2) is 39.2 Å². The van der Waals surface area contributed by atoms with Gasteiger partial charge in [-0.25, -0.2) is 0 Å². The Morgan fingerprint density at radius 3 is 2.67 bits per heavy atom. The van der Waals surface area contributed by atoms with Crippen LogP contribution in [-0.2, 0) is 11.3 Å². The number of piperidine rings is 1. The molecule has 3 rings (SSSR count). The van der Waals surface area contributed by atoms with E-state index in [-0.39, 0.29) is 5.92 Å². The topological polar surface area (TPSA) is 79.5 Å². The van der Waals surface area contributed by atoms with E-state index < -0.39 is 5.97 Å². The Bertz CT molecular complexity index is 434. The molecule has 1 saturated carbocycles. The second kappa shape index (κ2) is 4.68. The molecule has 1 aromatic heterocycles. The van der Waals surface area contributed by atoms with Gasteiger partial charge in [-0.15, -0.1) is 0 Å². The molecule has 2 aliphatic rings. The van der Waals surface area contributed by atoms with E-state index in [4.69, 9.17) is 9.63 Å². The van der Waals surface area contributed by atoms with Gasteiger partial charge in [-0.2, -0.15) is 4.98 Å². The van der Waals surface area contributed by atoms with Gasteiger partial charge in [0.25, 0.3) is 0 Å². The highest BCUT2D eigenvalue weighted by atomic mass is 16.5. The summed E-state index contributed by atoms with van der Waals surface area (Å²) in [5, 5.41) is 12.9. The standard InChI is InChI=1S/C12H17N3O3/c16-12(17)9-3-5-15(6-4-9)7-10-13-11(14-18-10)8-1-2-8/h8-9H,1-7H2,(H,16,17).